The van der Waals surface area contributed by atoms with Gasteiger partial charge in [0, 0.05) is 67.0 Å². The molecule has 0 radical (unpaired) electrons. The molecule has 0 spiro atoms. The van der Waals surface area contributed by atoms with E-state index in [1.807, 2.05) is 42.9 Å². The van der Waals surface area contributed by atoms with E-state index in [0.717, 1.165) is 60.8 Å². The molecule has 7 heteroatoms. The number of rotatable bonds is 10. The minimum Gasteiger partial charge on any atom is -0.384 e. The quantitative estimate of drug-likeness (QED) is 0.390. The topological polar surface area (TPSA) is 53.5 Å². The Balaban J connectivity index is 1.09. The molecule has 35 heavy (non-hydrogen) atoms. The number of hydrogen-bond donors (Lipinski definition) is 1. The molecule has 2 fully saturated rings. The molecule has 2 aliphatic heterocycles. The molecule has 0 bridgehead atoms. The Morgan fingerprint density at radius 2 is 1.91 bits per heavy atom. The van der Waals surface area contributed by atoms with Crippen molar-refractivity contribution in [3.8, 4) is 0 Å². The summed E-state index contributed by atoms with van der Waals surface area (Å²) < 4.78 is 5.99. The first-order chi connectivity index (χ1) is 17.2. The van der Waals surface area contributed by atoms with Crippen LogP contribution in [-0.2, 0) is 11.3 Å². The largest absolute Gasteiger partial charge is 0.384 e. The Morgan fingerprint density at radius 1 is 1.06 bits per heavy atom. The fourth-order valence-corrected chi connectivity index (χ4v) is 5.59. The lowest BCUT2D eigenvalue weighted by Gasteiger charge is -2.39. The highest BCUT2D eigenvalue weighted by molar-refractivity contribution is 6.31. The second-order valence-corrected chi connectivity index (χ2v) is 10.2. The molecule has 1 unspecified atom stereocenters. The van der Waals surface area contributed by atoms with E-state index in [1.165, 1.54) is 44.3 Å². The number of ether oxygens (including phenoxy) is 1. The maximum Gasteiger partial charge on any atom is 0.0737 e. The van der Waals surface area contributed by atoms with Crippen molar-refractivity contribution in [3.05, 3.63) is 65.6 Å². The summed E-state index contributed by atoms with van der Waals surface area (Å²) in [5.41, 5.74) is 3.41. The number of halogens is 1. The fraction of sp³-hybridized carbons (Fsp3) is 0.500. The molecule has 1 atom stereocenters. The molecule has 3 aromatic rings. The number of nitrogens with one attached hydrogen (secondary N) is 1. The van der Waals surface area contributed by atoms with Crippen LogP contribution in [0.15, 0.2) is 55.0 Å². The van der Waals surface area contributed by atoms with Crippen molar-refractivity contribution < 1.29 is 4.74 Å². The predicted molar refractivity (Wildman–Crippen MR) is 143 cm³/mol. The van der Waals surface area contributed by atoms with Crippen molar-refractivity contribution in [2.75, 3.05) is 44.6 Å². The van der Waals surface area contributed by atoms with Gasteiger partial charge in [0.1, 0.15) is 0 Å². The minimum absolute atomic E-state index is 0.390. The van der Waals surface area contributed by atoms with E-state index >= 15 is 0 Å². The van der Waals surface area contributed by atoms with Crippen LogP contribution in [0.2, 0.25) is 5.02 Å². The molecule has 1 N–H and O–H groups in total. The maximum absolute atomic E-state index is 6.12. The molecule has 2 saturated heterocycles. The average Bonchev–Trinajstić information content (AvgIpc) is 3.40. The number of nitrogens with zero attached hydrogens (tertiary/aromatic N) is 4. The van der Waals surface area contributed by atoms with Gasteiger partial charge in [-0.25, -0.2) is 0 Å². The van der Waals surface area contributed by atoms with Gasteiger partial charge in [0.05, 0.1) is 11.6 Å². The third-order valence-corrected chi connectivity index (χ3v) is 7.58. The third kappa shape index (κ3) is 6.70. The summed E-state index contributed by atoms with van der Waals surface area (Å²) in [6, 6.07) is 12.9. The molecule has 2 aliphatic rings. The van der Waals surface area contributed by atoms with Crippen LogP contribution in [0.4, 0.5) is 5.69 Å². The molecule has 186 valence electrons. The Hall–Kier alpha value is -2.25. The highest BCUT2D eigenvalue weighted by Crippen LogP contribution is 2.25. The summed E-state index contributed by atoms with van der Waals surface area (Å²) in [4.78, 5) is 13.9. The molecule has 0 amide bonds. The van der Waals surface area contributed by atoms with E-state index < -0.39 is 0 Å². The zero-order valence-electron chi connectivity index (χ0n) is 20.4. The van der Waals surface area contributed by atoms with E-state index in [-0.39, 0.29) is 0 Å². The van der Waals surface area contributed by atoms with Crippen LogP contribution in [0.25, 0.3) is 10.9 Å². The van der Waals surface area contributed by atoms with Crippen molar-refractivity contribution >= 4 is 28.2 Å². The minimum atomic E-state index is 0.390. The zero-order valence-corrected chi connectivity index (χ0v) is 21.2. The van der Waals surface area contributed by atoms with Gasteiger partial charge in [0.2, 0.25) is 0 Å². The van der Waals surface area contributed by atoms with Gasteiger partial charge in [-0.05, 0) is 93.7 Å². The Morgan fingerprint density at radius 3 is 2.71 bits per heavy atom. The number of pyridine rings is 2. The number of anilines is 1. The van der Waals surface area contributed by atoms with Gasteiger partial charge in [0.15, 0.2) is 0 Å². The van der Waals surface area contributed by atoms with E-state index in [4.69, 9.17) is 16.3 Å². The van der Waals surface area contributed by atoms with Crippen LogP contribution in [0.5, 0.6) is 0 Å². The second kappa shape index (κ2) is 12.1. The Kier molecular flexibility index (Phi) is 8.47. The molecule has 4 heterocycles. The Labute approximate surface area is 213 Å². The number of piperidine rings is 1. The lowest BCUT2D eigenvalue weighted by molar-refractivity contribution is 0.0345. The standard InChI is InChI=1S/C28H36ClN5O/c29-23-4-5-26-27(8-14-32-28(26)19-23)31-11-2-15-33-16-9-24(10-17-33)34(21-25-3-1-18-35-25)20-22-6-12-30-13-7-22/h4-8,12-14,19,24-25H,1-3,9-11,15-18,20-21H2,(H,31,32). The van der Waals surface area contributed by atoms with Gasteiger partial charge in [-0.1, -0.05) is 11.6 Å². The van der Waals surface area contributed by atoms with E-state index in [9.17, 15) is 0 Å². The molecule has 0 aliphatic carbocycles. The van der Waals surface area contributed by atoms with Crippen LogP contribution in [-0.4, -0.2) is 71.2 Å². The lowest BCUT2D eigenvalue weighted by Crippen LogP contribution is -2.47. The molecular weight excluding hydrogens is 458 g/mol. The molecule has 2 aromatic heterocycles. The van der Waals surface area contributed by atoms with Crippen LogP contribution in [0.3, 0.4) is 0 Å². The molecule has 5 rings (SSSR count). The van der Waals surface area contributed by atoms with Crippen LogP contribution >= 0.6 is 11.6 Å². The first kappa shape index (κ1) is 24.4. The van der Waals surface area contributed by atoms with Gasteiger partial charge in [-0.3, -0.25) is 14.9 Å². The van der Waals surface area contributed by atoms with Crippen molar-refractivity contribution in [1.82, 2.24) is 19.8 Å². The number of hydrogen-bond acceptors (Lipinski definition) is 6. The summed E-state index contributed by atoms with van der Waals surface area (Å²) in [6.45, 7) is 7.37. The number of benzene rings is 1. The third-order valence-electron chi connectivity index (χ3n) is 7.34. The normalized spacial score (nSPS) is 19.5. The van der Waals surface area contributed by atoms with Crippen molar-refractivity contribution in [2.24, 2.45) is 0 Å². The highest BCUT2D eigenvalue weighted by atomic mass is 35.5. The lowest BCUT2D eigenvalue weighted by atomic mass is 10.0. The molecule has 6 nitrogen and oxygen atoms in total. The van der Waals surface area contributed by atoms with Crippen molar-refractivity contribution in [2.45, 2.75) is 50.8 Å². The summed E-state index contributed by atoms with van der Waals surface area (Å²) in [5.74, 6) is 0. The van der Waals surface area contributed by atoms with Crippen molar-refractivity contribution in [1.29, 1.82) is 0 Å². The first-order valence-electron chi connectivity index (χ1n) is 13.0. The van der Waals surface area contributed by atoms with Gasteiger partial charge >= 0.3 is 0 Å². The van der Waals surface area contributed by atoms with E-state index in [1.54, 1.807) is 0 Å². The van der Waals surface area contributed by atoms with E-state index in [2.05, 4.69) is 37.2 Å². The van der Waals surface area contributed by atoms with Gasteiger partial charge in [-0.2, -0.15) is 0 Å². The first-order valence-corrected chi connectivity index (χ1v) is 13.4. The smallest absolute Gasteiger partial charge is 0.0737 e. The average molecular weight is 494 g/mol. The van der Waals surface area contributed by atoms with Gasteiger partial charge in [0.25, 0.3) is 0 Å². The van der Waals surface area contributed by atoms with Crippen LogP contribution in [0.1, 0.15) is 37.7 Å². The summed E-state index contributed by atoms with van der Waals surface area (Å²) in [7, 11) is 0. The predicted octanol–water partition coefficient (Wildman–Crippen LogP) is 5.23. The second-order valence-electron chi connectivity index (χ2n) is 9.79. The molecular formula is C28H36ClN5O. The zero-order chi connectivity index (χ0) is 23.9. The van der Waals surface area contributed by atoms with Crippen LogP contribution in [0, 0.1) is 0 Å². The van der Waals surface area contributed by atoms with Gasteiger partial charge in [-0.15, -0.1) is 0 Å². The fourth-order valence-electron chi connectivity index (χ4n) is 5.42. The van der Waals surface area contributed by atoms with Crippen LogP contribution < -0.4 is 5.32 Å². The molecule has 0 saturated carbocycles. The number of aromatic nitrogens is 2. The SMILES string of the molecule is Clc1ccc2c(NCCCN3CCC(N(Cc4ccncc4)CC4CCCO4)CC3)ccnc2c1. The summed E-state index contributed by atoms with van der Waals surface area (Å²) in [5, 5.41) is 5.45. The summed E-state index contributed by atoms with van der Waals surface area (Å²) in [6.07, 6.45) is 12.0. The van der Waals surface area contributed by atoms with Gasteiger partial charge < -0.3 is 15.0 Å². The summed E-state index contributed by atoms with van der Waals surface area (Å²) >= 11 is 6.12. The highest BCUT2D eigenvalue weighted by Gasteiger charge is 2.28. The van der Waals surface area contributed by atoms with E-state index in [0.29, 0.717) is 12.1 Å². The number of likely N-dealkylation sites (tertiary alicyclic amines) is 1. The maximum atomic E-state index is 6.12. The van der Waals surface area contributed by atoms with Crippen molar-refractivity contribution in [3.63, 3.8) is 0 Å². The number of fused-ring (bicyclic) bond motifs is 1. The molecule has 1 aromatic carbocycles. The Bertz CT molecular complexity index is 1070. The monoisotopic (exact) mass is 493 g/mol.